The highest BCUT2D eigenvalue weighted by Gasteiger charge is 2.10. The summed E-state index contributed by atoms with van der Waals surface area (Å²) in [6.07, 6.45) is 0.996. The number of benzene rings is 1. The van der Waals surface area contributed by atoms with Gasteiger partial charge >= 0.3 is 0 Å². The molecule has 4 heteroatoms. The van der Waals surface area contributed by atoms with Gasteiger partial charge in [0.05, 0.1) is 6.04 Å². The van der Waals surface area contributed by atoms with Crippen LogP contribution in [0.4, 0.5) is 4.39 Å². The summed E-state index contributed by atoms with van der Waals surface area (Å²) >= 11 is 0. The van der Waals surface area contributed by atoms with Crippen molar-refractivity contribution in [3.8, 4) is 0 Å². The molecule has 0 aliphatic carbocycles. The molecule has 94 valence electrons. The largest absolute Gasteiger partial charge is 0.351 e. The third kappa shape index (κ3) is 4.95. The molecule has 17 heavy (non-hydrogen) atoms. The molecule has 0 heterocycles. The summed E-state index contributed by atoms with van der Waals surface area (Å²) in [5.74, 6) is -0.305. The second-order valence-corrected chi connectivity index (χ2v) is 4.02. The Morgan fingerprint density at radius 2 is 2.00 bits per heavy atom. The first-order valence-corrected chi connectivity index (χ1v) is 5.89. The second-order valence-electron chi connectivity index (χ2n) is 4.02. The average molecular weight is 238 g/mol. The van der Waals surface area contributed by atoms with Crippen LogP contribution in [-0.4, -0.2) is 18.5 Å². The van der Waals surface area contributed by atoms with E-state index < -0.39 is 0 Å². The molecule has 2 N–H and O–H groups in total. The average Bonchev–Trinajstić information content (AvgIpc) is 2.34. The molecule has 1 unspecified atom stereocenters. The summed E-state index contributed by atoms with van der Waals surface area (Å²) < 4.78 is 12.7. The van der Waals surface area contributed by atoms with Gasteiger partial charge in [-0.05, 0) is 37.6 Å². The summed E-state index contributed by atoms with van der Waals surface area (Å²) in [6.45, 7) is 5.13. The maximum absolute atomic E-state index is 12.7. The van der Waals surface area contributed by atoms with Gasteiger partial charge in [-0.15, -0.1) is 0 Å². The van der Waals surface area contributed by atoms with Crippen molar-refractivity contribution in [2.24, 2.45) is 0 Å². The van der Waals surface area contributed by atoms with Crippen LogP contribution in [0.5, 0.6) is 0 Å². The van der Waals surface area contributed by atoms with Gasteiger partial charge in [-0.1, -0.05) is 19.1 Å². The van der Waals surface area contributed by atoms with Crippen molar-refractivity contribution >= 4 is 5.91 Å². The predicted octanol–water partition coefficient (Wildman–Crippen LogP) is 1.83. The zero-order chi connectivity index (χ0) is 12.7. The Morgan fingerprint density at radius 3 is 2.59 bits per heavy atom. The molecule has 0 aromatic heterocycles. The van der Waals surface area contributed by atoms with Gasteiger partial charge in [0.2, 0.25) is 5.91 Å². The number of carbonyl (C=O) groups excluding carboxylic acids is 1. The van der Waals surface area contributed by atoms with Crippen molar-refractivity contribution in [1.29, 1.82) is 0 Å². The van der Waals surface area contributed by atoms with Gasteiger partial charge in [-0.3, -0.25) is 4.79 Å². The Hall–Kier alpha value is -1.42. The van der Waals surface area contributed by atoms with Crippen LogP contribution < -0.4 is 10.6 Å². The highest BCUT2D eigenvalue weighted by atomic mass is 19.1. The molecule has 1 rings (SSSR count). The quantitative estimate of drug-likeness (QED) is 0.794. The molecule has 1 atom stereocenters. The number of amides is 1. The van der Waals surface area contributed by atoms with Crippen LogP contribution in [-0.2, 0) is 11.3 Å². The van der Waals surface area contributed by atoms with E-state index in [2.05, 4.69) is 17.6 Å². The second kappa shape index (κ2) is 7.01. The van der Waals surface area contributed by atoms with Gasteiger partial charge < -0.3 is 10.6 Å². The number of nitrogens with one attached hydrogen (secondary N) is 2. The van der Waals surface area contributed by atoms with E-state index in [0.29, 0.717) is 6.54 Å². The fourth-order valence-corrected chi connectivity index (χ4v) is 1.40. The summed E-state index contributed by atoms with van der Waals surface area (Å²) in [5.41, 5.74) is 0.891. The summed E-state index contributed by atoms with van der Waals surface area (Å²) in [7, 11) is 0. The fraction of sp³-hybridized carbons (Fsp3) is 0.462. The predicted molar refractivity (Wildman–Crippen MR) is 66.0 cm³/mol. The Morgan fingerprint density at radius 1 is 1.35 bits per heavy atom. The zero-order valence-electron chi connectivity index (χ0n) is 10.3. The smallest absolute Gasteiger partial charge is 0.237 e. The maximum atomic E-state index is 12.7. The lowest BCUT2D eigenvalue weighted by Gasteiger charge is -2.13. The first-order valence-electron chi connectivity index (χ1n) is 5.89. The highest BCUT2D eigenvalue weighted by Crippen LogP contribution is 2.02. The number of halogens is 1. The number of hydrogen-bond donors (Lipinski definition) is 2. The van der Waals surface area contributed by atoms with Crippen molar-refractivity contribution in [2.45, 2.75) is 32.9 Å². The van der Waals surface area contributed by atoms with E-state index in [4.69, 9.17) is 0 Å². The van der Waals surface area contributed by atoms with E-state index in [0.717, 1.165) is 18.5 Å². The van der Waals surface area contributed by atoms with E-state index >= 15 is 0 Å². The molecule has 1 aromatic rings. The minimum Gasteiger partial charge on any atom is -0.351 e. The Bertz CT molecular complexity index is 351. The van der Waals surface area contributed by atoms with Crippen LogP contribution in [0.15, 0.2) is 24.3 Å². The minimum atomic E-state index is -0.266. The van der Waals surface area contributed by atoms with E-state index in [-0.39, 0.29) is 17.8 Å². The minimum absolute atomic E-state index is 0.0391. The highest BCUT2D eigenvalue weighted by molar-refractivity contribution is 5.81. The van der Waals surface area contributed by atoms with E-state index in [1.165, 1.54) is 12.1 Å². The van der Waals surface area contributed by atoms with E-state index in [1.807, 2.05) is 6.92 Å². The van der Waals surface area contributed by atoms with Crippen LogP contribution >= 0.6 is 0 Å². The normalized spacial score (nSPS) is 12.2. The molecule has 0 saturated heterocycles. The molecule has 0 bridgehead atoms. The molecule has 0 aliphatic heterocycles. The summed E-state index contributed by atoms with van der Waals surface area (Å²) in [5, 5.41) is 5.91. The molecule has 0 radical (unpaired) electrons. The van der Waals surface area contributed by atoms with Crippen LogP contribution in [0.2, 0.25) is 0 Å². The third-order valence-corrected chi connectivity index (χ3v) is 2.47. The first kappa shape index (κ1) is 13.6. The summed E-state index contributed by atoms with van der Waals surface area (Å²) in [6, 6.07) is 5.91. The topological polar surface area (TPSA) is 41.1 Å². The van der Waals surface area contributed by atoms with Crippen molar-refractivity contribution in [1.82, 2.24) is 10.6 Å². The standard InChI is InChI=1S/C13H19FN2O/c1-3-8-15-10(2)13(17)16-9-11-4-6-12(14)7-5-11/h4-7,10,15H,3,8-9H2,1-2H3,(H,16,17). The van der Waals surface area contributed by atoms with Crippen LogP contribution in [0.1, 0.15) is 25.8 Å². The van der Waals surface area contributed by atoms with Gasteiger partial charge in [-0.2, -0.15) is 0 Å². The van der Waals surface area contributed by atoms with Gasteiger partial charge in [0.25, 0.3) is 0 Å². The van der Waals surface area contributed by atoms with Gasteiger partial charge in [0, 0.05) is 6.54 Å². The number of rotatable bonds is 6. The molecule has 0 aliphatic rings. The number of carbonyl (C=O) groups is 1. The maximum Gasteiger partial charge on any atom is 0.237 e. The third-order valence-electron chi connectivity index (χ3n) is 2.47. The fourth-order valence-electron chi connectivity index (χ4n) is 1.40. The lowest BCUT2D eigenvalue weighted by molar-refractivity contribution is -0.122. The molecule has 0 spiro atoms. The van der Waals surface area contributed by atoms with Crippen LogP contribution in [0.3, 0.4) is 0 Å². The first-order chi connectivity index (χ1) is 8.13. The Kier molecular flexibility index (Phi) is 5.63. The molecule has 1 aromatic carbocycles. The molecular formula is C13H19FN2O. The molecule has 3 nitrogen and oxygen atoms in total. The zero-order valence-corrected chi connectivity index (χ0v) is 10.3. The monoisotopic (exact) mass is 238 g/mol. The van der Waals surface area contributed by atoms with Crippen molar-refractivity contribution < 1.29 is 9.18 Å². The molecule has 0 saturated carbocycles. The number of hydrogen-bond acceptors (Lipinski definition) is 2. The van der Waals surface area contributed by atoms with Crippen molar-refractivity contribution in [3.63, 3.8) is 0 Å². The van der Waals surface area contributed by atoms with Crippen LogP contribution in [0.25, 0.3) is 0 Å². The van der Waals surface area contributed by atoms with E-state index in [9.17, 15) is 9.18 Å². The summed E-state index contributed by atoms with van der Waals surface area (Å²) in [4.78, 5) is 11.6. The lowest BCUT2D eigenvalue weighted by Crippen LogP contribution is -2.42. The lowest BCUT2D eigenvalue weighted by atomic mass is 10.2. The van der Waals surface area contributed by atoms with Gasteiger partial charge in [0.1, 0.15) is 5.82 Å². The molecule has 0 fully saturated rings. The van der Waals surface area contributed by atoms with Gasteiger partial charge in [0.15, 0.2) is 0 Å². The Labute approximate surface area is 101 Å². The van der Waals surface area contributed by atoms with E-state index in [1.54, 1.807) is 12.1 Å². The van der Waals surface area contributed by atoms with Crippen molar-refractivity contribution in [2.75, 3.05) is 6.54 Å². The Balaban J connectivity index is 2.34. The van der Waals surface area contributed by atoms with Crippen molar-refractivity contribution in [3.05, 3.63) is 35.6 Å². The molecule has 1 amide bonds. The van der Waals surface area contributed by atoms with Crippen LogP contribution in [0, 0.1) is 5.82 Å². The van der Waals surface area contributed by atoms with Gasteiger partial charge in [-0.25, -0.2) is 4.39 Å². The SMILES string of the molecule is CCCNC(C)C(=O)NCc1ccc(F)cc1. The molecular weight excluding hydrogens is 219 g/mol.